The van der Waals surface area contributed by atoms with E-state index in [2.05, 4.69) is 15.6 Å². The predicted molar refractivity (Wildman–Crippen MR) is 94.3 cm³/mol. The van der Waals surface area contributed by atoms with Crippen LogP contribution >= 0.6 is 0 Å². The van der Waals surface area contributed by atoms with Crippen molar-refractivity contribution >= 4 is 17.3 Å². The first-order valence-corrected chi connectivity index (χ1v) is 8.45. The molecule has 0 spiro atoms. The molecule has 0 saturated heterocycles. The van der Waals surface area contributed by atoms with E-state index in [-0.39, 0.29) is 24.5 Å². The van der Waals surface area contributed by atoms with E-state index in [1.54, 1.807) is 12.4 Å². The van der Waals surface area contributed by atoms with Gasteiger partial charge in [0.25, 0.3) is 5.91 Å². The number of rotatable bonds is 5. The Hall–Kier alpha value is -2.40. The molecule has 0 aliphatic heterocycles. The van der Waals surface area contributed by atoms with Crippen LogP contribution < -0.4 is 10.6 Å². The summed E-state index contributed by atoms with van der Waals surface area (Å²) in [5, 5.41) is 15.8. The minimum absolute atomic E-state index is 0.0733. The lowest BCUT2D eigenvalue weighted by atomic mass is 9.85. The Morgan fingerprint density at radius 1 is 1.04 bits per heavy atom. The van der Waals surface area contributed by atoms with E-state index < -0.39 is 0 Å². The number of aromatic nitrogens is 1. The van der Waals surface area contributed by atoms with Gasteiger partial charge in [0.1, 0.15) is 0 Å². The molecule has 126 valence electrons. The average molecular weight is 325 g/mol. The van der Waals surface area contributed by atoms with Crippen molar-refractivity contribution in [2.24, 2.45) is 5.92 Å². The number of hydrogen-bond acceptors (Lipinski definition) is 4. The van der Waals surface area contributed by atoms with Gasteiger partial charge >= 0.3 is 0 Å². The number of hydrogen-bond donors (Lipinski definition) is 3. The number of aliphatic hydroxyl groups excluding tert-OH is 1. The second-order valence-electron chi connectivity index (χ2n) is 6.25. The Morgan fingerprint density at radius 2 is 1.71 bits per heavy atom. The van der Waals surface area contributed by atoms with Gasteiger partial charge < -0.3 is 15.7 Å². The van der Waals surface area contributed by atoms with E-state index in [0.29, 0.717) is 5.56 Å². The van der Waals surface area contributed by atoms with E-state index in [0.717, 1.165) is 37.1 Å². The first-order valence-electron chi connectivity index (χ1n) is 8.45. The largest absolute Gasteiger partial charge is 0.396 e. The molecule has 1 heterocycles. The van der Waals surface area contributed by atoms with Crippen molar-refractivity contribution in [2.75, 3.05) is 11.9 Å². The number of benzene rings is 1. The summed E-state index contributed by atoms with van der Waals surface area (Å²) in [6.07, 6.45) is 7.62. The van der Waals surface area contributed by atoms with Crippen LogP contribution in [0.2, 0.25) is 0 Å². The van der Waals surface area contributed by atoms with Gasteiger partial charge in [-0.05, 0) is 49.2 Å². The smallest absolute Gasteiger partial charge is 0.251 e. The van der Waals surface area contributed by atoms with Crippen LogP contribution in [0.25, 0.3) is 0 Å². The highest BCUT2D eigenvalue weighted by atomic mass is 16.3. The van der Waals surface area contributed by atoms with Gasteiger partial charge in [0, 0.05) is 47.9 Å². The lowest BCUT2D eigenvalue weighted by Crippen LogP contribution is -2.43. The fourth-order valence-corrected chi connectivity index (χ4v) is 3.17. The highest BCUT2D eigenvalue weighted by Crippen LogP contribution is 2.24. The Labute approximate surface area is 142 Å². The zero-order chi connectivity index (χ0) is 16.8. The summed E-state index contributed by atoms with van der Waals surface area (Å²) >= 11 is 0. The predicted octanol–water partition coefficient (Wildman–Crippen LogP) is 3.11. The molecule has 3 N–H and O–H groups in total. The van der Waals surface area contributed by atoms with E-state index >= 15 is 0 Å². The van der Waals surface area contributed by atoms with Gasteiger partial charge in [-0.2, -0.15) is 0 Å². The fourth-order valence-electron chi connectivity index (χ4n) is 3.17. The van der Waals surface area contributed by atoms with Crippen molar-refractivity contribution < 1.29 is 9.90 Å². The maximum Gasteiger partial charge on any atom is 0.251 e. The maximum atomic E-state index is 12.4. The highest BCUT2D eigenvalue weighted by molar-refractivity contribution is 5.94. The van der Waals surface area contributed by atoms with Gasteiger partial charge in [0.05, 0.1) is 0 Å². The van der Waals surface area contributed by atoms with Crippen LogP contribution in [0.1, 0.15) is 36.0 Å². The normalized spacial score (nSPS) is 20.4. The molecule has 1 aliphatic carbocycles. The number of nitrogens with one attached hydrogen (secondary N) is 2. The third kappa shape index (κ3) is 4.11. The minimum atomic E-state index is -0.0733. The first kappa shape index (κ1) is 16.5. The minimum Gasteiger partial charge on any atom is -0.396 e. The number of carbonyl (C=O) groups excluding carboxylic acids is 1. The quantitative estimate of drug-likeness (QED) is 0.790. The Kier molecular flexibility index (Phi) is 5.43. The number of amides is 1. The van der Waals surface area contributed by atoms with Crippen molar-refractivity contribution in [3.8, 4) is 0 Å². The third-order valence-electron chi connectivity index (χ3n) is 4.58. The van der Waals surface area contributed by atoms with Crippen molar-refractivity contribution in [3.05, 3.63) is 54.4 Å². The molecule has 24 heavy (non-hydrogen) atoms. The molecular weight excluding hydrogens is 302 g/mol. The van der Waals surface area contributed by atoms with E-state index in [1.807, 2.05) is 36.4 Å². The summed E-state index contributed by atoms with van der Waals surface area (Å²) in [4.78, 5) is 16.4. The molecule has 0 radical (unpaired) electrons. The molecule has 1 amide bonds. The second-order valence-corrected chi connectivity index (χ2v) is 6.25. The second kappa shape index (κ2) is 7.93. The van der Waals surface area contributed by atoms with E-state index in [1.165, 1.54) is 0 Å². The van der Waals surface area contributed by atoms with Crippen LogP contribution in [-0.4, -0.2) is 28.6 Å². The third-order valence-corrected chi connectivity index (χ3v) is 4.58. The number of anilines is 2. The van der Waals surface area contributed by atoms with Gasteiger partial charge in [-0.1, -0.05) is 12.8 Å². The number of aliphatic hydroxyl groups is 1. The van der Waals surface area contributed by atoms with Crippen LogP contribution in [0.5, 0.6) is 0 Å². The van der Waals surface area contributed by atoms with Crippen molar-refractivity contribution in [3.63, 3.8) is 0 Å². The lowest BCUT2D eigenvalue weighted by Gasteiger charge is -2.30. The summed E-state index contributed by atoms with van der Waals surface area (Å²) < 4.78 is 0. The molecule has 1 aromatic heterocycles. The highest BCUT2D eigenvalue weighted by Gasteiger charge is 2.26. The average Bonchev–Trinajstić information content (AvgIpc) is 2.63. The fraction of sp³-hybridized carbons (Fsp3) is 0.368. The molecule has 0 bridgehead atoms. The lowest BCUT2D eigenvalue weighted by molar-refractivity contribution is 0.0872. The number of nitrogens with zero attached hydrogens (tertiary/aromatic N) is 1. The van der Waals surface area contributed by atoms with Crippen LogP contribution in [0.15, 0.2) is 48.8 Å². The zero-order valence-corrected chi connectivity index (χ0v) is 13.6. The van der Waals surface area contributed by atoms with Crippen molar-refractivity contribution in [1.82, 2.24) is 10.3 Å². The van der Waals surface area contributed by atoms with Gasteiger partial charge in [-0.15, -0.1) is 0 Å². The molecule has 2 aromatic rings. The molecule has 3 rings (SSSR count). The van der Waals surface area contributed by atoms with Gasteiger partial charge in [0.2, 0.25) is 0 Å². The Balaban J connectivity index is 1.61. The topological polar surface area (TPSA) is 74.2 Å². The number of pyridine rings is 1. The van der Waals surface area contributed by atoms with Crippen molar-refractivity contribution in [2.45, 2.75) is 31.7 Å². The monoisotopic (exact) mass is 325 g/mol. The van der Waals surface area contributed by atoms with E-state index in [4.69, 9.17) is 0 Å². The molecule has 5 heteroatoms. The number of carbonyl (C=O) groups is 1. The molecule has 1 saturated carbocycles. The first-order chi connectivity index (χ1) is 11.8. The Bertz CT molecular complexity index is 658. The summed E-state index contributed by atoms with van der Waals surface area (Å²) in [5.74, 6) is 0.103. The molecular formula is C19H23N3O2. The standard InChI is InChI=1S/C19H23N3O2/c23-13-15-3-1-2-4-18(15)22-19(24)14-5-7-16(8-6-14)21-17-9-11-20-12-10-17/h5-12,15,18,23H,1-4,13H2,(H,20,21)(H,22,24). The van der Waals surface area contributed by atoms with Crippen LogP contribution in [-0.2, 0) is 0 Å². The molecule has 2 atom stereocenters. The van der Waals surface area contributed by atoms with Crippen LogP contribution in [0, 0.1) is 5.92 Å². The molecule has 5 nitrogen and oxygen atoms in total. The zero-order valence-electron chi connectivity index (χ0n) is 13.6. The summed E-state index contributed by atoms with van der Waals surface area (Å²) in [6, 6.07) is 11.3. The summed E-state index contributed by atoms with van der Waals surface area (Å²) in [7, 11) is 0. The summed E-state index contributed by atoms with van der Waals surface area (Å²) in [6.45, 7) is 0.139. The van der Waals surface area contributed by atoms with E-state index in [9.17, 15) is 9.90 Å². The van der Waals surface area contributed by atoms with Gasteiger partial charge in [0.15, 0.2) is 0 Å². The molecule has 1 fully saturated rings. The molecule has 1 aliphatic rings. The Morgan fingerprint density at radius 3 is 2.42 bits per heavy atom. The van der Waals surface area contributed by atoms with Gasteiger partial charge in [-0.3, -0.25) is 9.78 Å². The molecule has 2 unspecified atom stereocenters. The SMILES string of the molecule is O=C(NC1CCCCC1CO)c1ccc(Nc2ccncc2)cc1. The molecule has 1 aromatic carbocycles. The van der Waals surface area contributed by atoms with Crippen LogP contribution in [0.4, 0.5) is 11.4 Å². The van der Waals surface area contributed by atoms with Gasteiger partial charge in [-0.25, -0.2) is 0 Å². The summed E-state index contributed by atoms with van der Waals surface area (Å²) in [5.41, 5.74) is 2.51. The van der Waals surface area contributed by atoms with Crippen molar-refractivity contribution in [1.29, 1.82) is 0 Å². The van der Waals surface area contributed by atoms with Crippen LogP contribution in [0.3, 0.4) is 0 Å². The maximum absolute atomic E-state index is 12.4.